The summed E-state index contributed by atoms with van der Waals surface area (Å²) in [4.78, 5) is 24.3. The van der Waals surface area contributed by atoms with Gasteiger partial charge >= 0.3 is 0 Å². The van der Waals surface area contributed by atoms with E-state index in [-0.39, 0.29) is 30.3 Å². The molecule has 2 amide bonds. The van der Waals surface area contributed by atoms with Gasteiger partial charge < -0.3 is 21.1 Å². The van der Waals surface area contributed by atoms with Gasteiger partial charge in [0, 0.05) is 37.1 Å². The van der Waals surface area contributed by atoms with Crippen LogP contribution >= 0.6 is 12.4 Å². The van der Waals surface area contributed by atoms with Crippen molar-refractivity contribution in [2.75, 3.05) is 19.7 Å². The maximum atomic E-state index is 12.4. The number of halogens is 1. The average molecular weight is 370 g/mol. The van der Waals surface area contributed by atoms with E-state index in [0.29, 0.717) is 31.7 Å². The third kappa shape index (κ3) is 4.32. The van der Waals surface area contributed by atoms with Crippen molar-refractivity contribution in [1.29, 1.82) is 0 Å². The van der Waals surface area contributed by atoms with Gasteiger partial charge in [-0.05, 0) is 19.1 Å². The van der Waals surface area contributed by atoms with Crippen molar-refractivity contribution < 1.29 is 14.3 Å². The zero-order valence-corrected chi connectivity index (χ0v) is 15.8. The maximum absolute atomic E-state index is 12.4. The number of carbonyl (C=O) groups excluding carboxylic acids is 2. The van der Waals surface area contributed by atoms with Crippen LogP contribution in [0, 0.1) is 5.41 Å². The Morgan fingerprint density at radius 3 is 2.36 bits per heavy atom. The first kappa shape index (κ1) is 21.4. The van der Waals surface area contributed by atoms with Crippen LogP contribution in [0.2, 0.25) is 0 Å². The highest BCUT2D eigenvalue weighted by Crippen LogP contribution is 2.49. The van der Waals surface area contributed by atoms with Crippen molar-refractivity contribution in [2.24, 2.45) is 11.1 Å². The fraction of sp³-hybridized carbons (Fsp3) is 0.556. The topological polar surface area (TPSA) is 93.4 Å². The van der Waals surface area contributed by atoms with Gasteiger partial charge in [0.2, 0.25) is 5.91 Å². The minimum absolute atomic E-state index is 0. The average Bonchev–Trinajstić information content (AvgIpc) is 2.58. The van der Waals surface area contributed by atoms with Gasteiger partial charge in [-0.15, -0.1) is 12.4 Å². The first-order valence-corrected chi connectivity index (χ1v) is 8.35. The molecular formula is C18H28ClN3O3. The zero-order valence-electron chi connectivity index (χ0n) is 15.0. The van der Waals surface area contributed by atoms with Crippen LogP contribution in [0.5, 0.6) is 0 Å². The highest BCUT2D eigenvalue weighted by atomic mass is 35.5. The SMILES string of the molecule is CCOC1CC(N)(C(=O)NCCNC(=O)c2ccccc2)C1(C)C.Cl. The molecule has 6 nitrogen and oxygen atoms in total. The molecule has 2 unspecified atom stereocenters. The van der Waals surface area contributed by atoms with Crippen molar-refractivity contribution in [3.63, 3.8) is 0 Å². The Morgan fingerprint density at radius 1 is 1.20 bits per heavy atom. The third-order valence-corrected chi connectivity index (χ3v) is 4.97. The first-order valence-electron chi connectivity index (χ1n) is 8.35. The molecule has 2 rings (SSSR count). The highest BCUT2D eigenvalue weighted by molar-refractivity contribution is 5.94. The fourth-order valence-electron chi connectivity index (χ4n) is 3.02. The van der Waals surface area contributed by atoms with Gasteiger partial charge in [-0.1, -0.05) is 32.0 Å². The van der Waals surface area contributed by atoms with Crippen molar-refractivity contribution in [3.05, 3.63) is 35.9 Å². The summed E-state index contributed by atoms with van der Waals surface area (Å²) in [5.41, 5.74) is 5.54. The molecule has 1 fully saturated rings. The Labute approximate surface area is 155 Å². The number of amides is 2. The van der Waals surface area contributed by atoms with E-state index in [2.05, 4.69) is 10.6 Å². The van der Waals surface area contributed by atoms with Crippen molar-refractivity contribution in [1.82, 2.24) is 10.6 Å². The molecule has 4 N–H and O–H groups in total. The second kappa shape index (κ2) is 8.65. The number of ether oxygens (including phenoxy) is 1. The minimum Gasteiger partial charge on any atom is -0.378 e. The summed E-state index contributed by atoms with van der Waals surface area (Å²) in [6.07, 6.45) is 0.506. The Bertz CT molecular complexity index is 594. The van der Waals surface area contributed by atoms with Gasteiger partial charge in [-0.3, -0.25) is 9.59 Å². The van der Waals surface area contributed by atoms with Gasteiger partial charge in [-0.25, -0.2) is 0 Å². The smallest absolute Gasteiger partial charge is 0.251 e. The predicted molar refractivity (Wildman–Crippen MR) is 99.8 cm³/mol. The second-order valence-corrected chi connectivity index (χ2v) is 6.72. The predicted octanol–water partition coefficient (Wildman–Crippen LogP) is 1.49. The Hall–Kier alpha value is -1.63. The molecule has 1 saturated carbocycles. The summed E-state index contributed by atoms with van der Waals surface area (Å²) in [7, 11) is 0. The van der Waals surface area contributed by atoms with Crippen LogP contribution in [-0.4, -0.2) is 43.2 Å². The lowest BCUT2D eigenvalue weighted by atomic mass is 9.54. The number of rotatable bonds is 7. The van der Waals surface area contributed by atoms with Gasteiger partial charge in [0.1, 0.15) is 5.54 Å². The minimum atomic E-state index is -0.934. The molecule has 0 bridgehead atoms. The van der Waals surface area contributed by atoms with Gasteiger partial charge in [0.15, 0.2) is 0 Å². The normalized spacial score (nSPS) is 23.8. The summed E-state index contributed by atoms with van der Waals surface area (Å²) >= 11 is 0. The number of carbonyl (C=O) groups is 2. The van der Waals surface area contributed by atoms with Crippen molar-refractivity contribution in [3.8, 4) is 0 Å². The number of nitrogens with two attached hydrogens (primary N) is 1. The monoisotopic (exact) mass is 369 g/mol. The molecule has 25 heavy (non-hydrogen) atoms. The van der Waals surface area contributed by atoms with Gasteiger partial charge in [0.25, 0.3) is 5.91 Å². The largest absolute Gasteiger partial charge is 0.378 e. The van der Waals surface area contributed by atoms with E-state index in [4.69, 9.17) is 10.5 Å². The summed E-state index contributed by atoms with van der Waals surface area (Å²) in [6, 6.07) is 8.96. The molecule has 7 heteroatoms. The quantitative estimate of drug-likeness (QED) is 0.635. The lowest BCUT2D eigenvalue weighted by Gasteiger charge is -2.57. The molecule has 0 heterocycles. The Balaban J connectivity index is 0.00000312. The third-order valence-electron chi connectivity index (χ3n) is 4.97. The van der Waals surface area contributed by atoms with E-state index in [1.807, 2.05) is 39.0 Å². The van der Waals surface area contributed by atoms with Crippen molar-refractivity contribution >= 4 is 24.2 Å². The summed E-state index contributed by atoms with van der Waals surface area (Å²) in [5.74, 6) is -0.356. The molecule has 0 aliphatic heterocycles. The molecule has 2 atom stereocenters. The molecule has 0 aromatic heterocycles. The number of hydrogen-bond donors (Lipinski definition) is 3. The number of benzene rings is 1. The van der Waals surface area contributed by atoms with Gasteiger partial charge in [0.05, 0.1) is 6.10 Å². The van der Waals surface area contributed by atoms with E-state index < -0.39 is 11.0 Å². The molecule has 1 aliphatic carbocycles. The fourth-order valence-corrected chi connectivity index (χ4v) is 3.02. The second-order valence-electron chi connectivity index (χ2n) is 6.72. The Kier molecular flexibility index (Phi) is 7.41. The summed E-state index contributed by atoms with van der Waals surface area (Å²) in [5, 5.41) is 5.59. The molecule has 1 aromatic rings. The number of nitrogens with one attached hydrogen (secondary N) is 2. The van der Waals surface area contributed by atoms with E-state index in [0.717, 1.165) is 0 Å². The van der Waals surface area contributed by atoms with Crippen LogP contribution in [0.25, 0.3) is 0 Å². The highest BCUT2D eigenvalue weighted by Gasteiger charge is 2.62. The lowest BCUT2D eigenvalue weighted by Crippen LogP contribution is -2.75. The van der Waals surface area contributed by atoms with E-state index >= 15 is 0 Å². The molecular weight excluding hydrogens is 342 g/mol. The van der Waals surface area contributed by atoms with E-state index in [1.54, 1.807) is 12.1 Å². The van der Waals surface area contributed by atoms with Crippen LogP contribution in [0.4, 0.5) is 0 Å². The lowest BCUT2D eigenvalue weighted by molar-refractivity contribution is -0.170. The summed E-state index contributed by atoms with van der Waals surface area (Å²) < 4.78 is 5.63. The van der Waals surface area contributed by atoms with Crippen LogP contribution in [-0.2, 0) is 9.53 Å². The Morgan fingerprint density at radius 2 is 1.80 bits per heavy atom. The van der Waals surface area contributed by atoms with Crippen molar-refractivity contribution in [2.45, 2.75) is 38.8 Å². The molecule has 1 aliphatic rings. The van der Waals surface area contributed by atoms with Crippen LogP contribution in [0.3, 0.4) is 0 Å². The molecule has 0 spiro atoms. The molecule has 0 saturated heterocycles. The van der Waals surface area contributed by atoms with Gasteiger partial charge in [-0.2, -0.15) is 0 Å². The zero-order chi connectivity index (χ0) is 17.8. The van der Waals surface area contributed by atoms with Crippen LogP contribution < -0.4 is 16.4 Å². The molecule has 1 aromatic carbocycles. The number of hydrogen-bond acceptors (Lipinski definition) is 4. The van der Waals surface area contributed by atoms with E-state index in [9.17, 15) is 9.59 Å². The van der Waals surface area contributed by atoms with E-state index in [1.165, 1.54) is 0 Å². The van der Waals surface area contributed by atoms with Crippen LogP contribution in [0.1, 0.15) is 37.6 Å². The molecule has 140 valence electrons. The maximum Gasteiger partial charge on any atom is 0.251 e. The summed E-state index contributed by atoms with van der Waals surface area (Å²) in [6.45, 7) is 7.14. The standard InChI is InChI=1S/C18H27N3O3.ClH/c1-4-24-14-12-18(19,17(14,2)3)16(23)21-11-10-20-15(22)13-8-6-5-7-9-13;/h5-9,14H,4,10-12,19H2,1-3H3,(H,20,22)(H,21,23);1H. The molecule has 0 radical (unpaired) electrons. The van der Waals surface area contributed by atoms with Crippen LogP contribution in [0.15, 0.2) is 30.3 Å². The first-order chi connectivity index (χ1) is 11.3.